The summed E-state index contributed by atoms with van der Waals surface area (Å²) in [6.07, 6.45) is 2.12. The Labute approximate surface area is 101 Å². The smallest absolute Gasteiger partial charge is 0.116 e. The minimum absolute atomic E-state index is 0.379. The van der Waals surface area contributed by atoms with Gasteiger partial charge in [0.05, 0.1) is 0 Å². The van der Waals surface area contributed by atoms with Crippen LogP contribution < -0.4 is 0 Å². The summed E-state index contributed by atoms with van der Waals surface area (Å²) in [6, 6.07) is 10.7. The van der Waals surface area contributed by atoms with Crippen LogP contribution >= 0.6 is 0 Å². The number of phenolic OH excluding ortho intramolecular Hbond substituents is 1. The number of benzene rings is 2. The van der Waals surface area contributed by atoms with Gasteiger partial charge in [-0.2, -0.15) is 0 Å². The van der Waals surface area contributed by atoms with Crippen molar-refractivity contribution in [3.05, 3.63) is 41.5 Å². The number of likely N-dealkylation sites (N-methyl/N-ethyl adjacent to an activating group) is 1. The van der Waals surface area contributed by atoms with E-state index in [0.717, 1.165) is 18.2 Å². The van der Waals surface area contributed by atoms with E-state index in [-0.39, 0.29) is 0 Å². The molecule has 0 bridgehead atoms. The van der Waals surface area contributed by atoms with Crippen LogP contribution in [0.4, 0.5) is 0 Å². The zero-order valence-electron chi connectivity index (χ0n) is 10.3. The van der Waals surface area contributed by atoms with Crippen molar-refractivity contribution in [3.8, 4) is 5.75 Å². The first-order chi connectivity index (χ1) is 8.15. The van der Waals surface area contributed by atoms with E-state index in [9.17, 15) is 5.11 Å². The van der Waals surface area contributed by atoms with Gasteiger partial charge in [-0.1, -0.05) is 18.2 Å². The SMILES string of the molecule is CN(C)C1Cc2cccc3cc(O)cc(c23)C1. The molecule has 1 aliphatic rings. The van der Waals surface area contributed by atoms with Crippen LogP contribution in [0.15, 0.2) is 30.3 Å². The van der Waals surface area contributed by atoms with Crippen LogP contribution in [-0.2, 0) is 12.8 Å². The zero-order valence-corrected chi connectivity index (χ0v) is 10.3. The van der Waals surface area contributed by atoms with E-state index in [2.05, 4.69) is 37.2 Å². The Balaban J connectivity index is 2.23. The van der Waals surface area contributed by atoms with Crippen LogP contribution in [0.2, 0.25) is 0 Å². The molecule has 0 aromatic heterocycles. The predicted octanol–water partition coefficient (Wildman–Crippen LogP) is 2.57. The summed E-state index contributed by atoms with van der Waals surface area (Å²) in [5.74, 6) is 0.379. The number of nitrogens with zero attached hydrogens (tertiary/aromatic N) is 1. The summed E-state index contributed by atoms with van der Waals surface area (Å²) in [6.45, 7) is 0. The second-order valence-electron chi connectivity index (χ2n) is 5.15. The van der Waals surface area contributed by atoms with E-state index in [1.807, 2.05) is 12.1 Å². The van der Waals surface area contributed by atoms with E-state index in [1.165, 1.54) is 16.5 Å². The van der Waals surface area contributed by atoms with Crippen LogP contribution in [0.25, 0.3) is 10.8 Å². The quantitative estimate of drug-likeness (QED) is 0.809. The molecule has 0 spiro atoms. The molecule has 2 heteroatoms. The fourth-order valence-electron chi connectivity index (χ4n) is 2.86. The summed E-state index contributed by atoms with van der Waals surface area (Å²) >= 11 is 0. The van der Waals surface area contributed by atoms with E-state index in [4.69, 9.17) is 0 Å². The molecule has 1 N–H and O–H groups in total. The highest BCUT2D eigenvalue weighted by molar-refractivity contribution is 5.91. The minimum Gasteiger partial charge on any atom is -0.508 e. The summed E-state index contributed by atoms with van der Waals surface area (Å²) in [7, 11) is 4.25. The molecule has 0 radical (unpaired) electrons. The van der Waals surface area contributed by atoms with Gasteiger partial charge in [0.25, 0.3) is 0 Å². The number of hydrogen-bond donors (Lipinski definition) is 1. The molecule has 1 unspecified atom stereocenters. The molecule has 2 aromatic rings. The lowest BCUT2D eigenvalue weighted by molar-refractivity contribution is 0.287. The van der Waals surface area contributed by atoms with Crippen LogP contribution in [0.1, 0.15) is 11.1 Å². The summed E-state index contributed by atoms with van der Waals surface area (Å²) in [4.78, 5) is 2.27. The molecule has 17 heavy (non-hydrogen) atoms. The minimum atomic E-state index is 0.379. The van der Waals surface area contributed by atoms with Gasteiger partial charge in [-0.3, -0.25) is 0 Å². The molecule has 0 aliphatic heterocycles. The lowest BCUT2D eigenvalue weighted by Crippen LogP contribution is -2.34. The van der Waals surface area contributed by atoms with E-state index in [1.54, 1.807) is 0 Å². The first kappa shape index (κ1) is 10.6. The first-order valence-corrected chi connectivity index (χ1v) is 6.05. The lowest BCUT2D eigenvalue weighted by atomic mass is 9.85. The molecule has 0 saturated heterocycles. The topological polar surface area (TPSA) is 23.5 Å². The Kier molecular flexibility index (Phi) is 2.33. The molecule has 0 heterocycles. The monoisotopic (exact) mass is 227 g/mol. The van der Waals surface area contributed by atoms with Crippen LogP contribution in [0, 0.1) is 0 Å². The van der Waals surface area contributed by atoms with E-state index >= 15 is 0 Å². The maximum Gasteiger partial charge on any atom is 0.116 e. The average Bonchev–Trinajstić information content (AvgIpc) is 2.28. The van der Waals surface area contributed by atoms with Crippen molar-refractivity contribution < 1.29 is 5.11 Å². The van der Waals surface area contributed by atoms with Crippen LogP contribution in [0.3, 0.4) is 0 Å². The third-order valence-corrected chi connectivity index (χ3v) is 3.77. The third kappa shape index (κ3) is 1.69. The molecule has 88 valence electrons. The van der Waals surface area contributed by atoms with Crippen molar-refractivity contribution in [2.75, 3.05) is 14.1 Å². The van der Waals surface area contributed by atoms with Gasteiger partial charge >= 0.3 is 0 Å². The Hall–Kier alpha value is -1.54. The Morgan fingerprint density at radius 1 is 1.12 bits per heavy atom. The van der Waals surface area contributed by atoms with Crippen LogP contribution in [0.5, 0.6) is 5.75 Å². The summed E-state index contributed by atoms with van der Waals surface area (Å²) in [5.41, 5.74) is 2.68. The highest BCUT2D eigenvalue weighted by Crippen LogP contribution is 2.33. The van der Waals surface area contributed by atoms with Gasteiger partial charge in [0, 0.05) is 6.04 Å². The predicted molar refractivity (Wildman–Crippen MR) is 70.5 cm³/mol. The third-order valence-electron chi connectivity index (χ3n) is 3.77. The molecule has 1 aliphatic carbocycles. The van der Waals surface area contributed by atoms with Crippen molar-refractivity contribution in [2.24, 2.45) is 0 Å². The van der Waals surface area contributed by atoms with Gasteiger partial charge in [0.1, 0.15) is 5.75 Å². The molecule has 2 aromatic carbocycles. The largest absolute Gasteiger partial charge is 0.508 e. The van der Waals surface area contributed by atoms with E-state index < -0.39 is 0 Å². The van der Waals surface area contributed by atoms with Gasteiger partial charge in [0.2, 0.25) is 0 Å². The van der Waals surface area contributed by atoms with E-state index in [0.29, 0.717) is 11.8 Å². The first-order valence-electron chi connectivity index (χ1n) is 6.05. The van der Waals surface area contributed by atoms with Crippen LogP contribution in [-0.4, -0.2) is 30.1 Å². The maximum atomic E-state index is 9.77. The van der Waals surface area contributed by atoms with Crippen molar-refractivity contribution in [2.45, 2.75) is 18.9 Å². The standard InChI is InChI=1S/C15H17NO/c1-16(2)13-6-10-4-3-5-11-8-14(17)9-12(7-13)15(10)11/h3-5,8-9,13,17H,6-7H2,1-2H3. The van der Waals surface area contributed by atoms with Gasteiger partial charge in [-0.05, 0) is 61.0 Å². The Morgan fingerprint density at radius 2 is 1.88 bits per heavy atom. The molecular weight excluding hydrogens is 210 g/mol. The molecule has 0 fully saturated rings. The Morgan fingerprint density at radius 3 is 2.65 bits per heavy atom. The van der Waals surface area contributed by atoms with Crippen molar-refractivity contribution in [1.29, 1.82) is 0 Å². The van der Waals surface area contributed by atoms with Gasteiger partial charge in [0.15, 0.2) is 0 Å². The second-order valence-corrected chi connectivity index (χ2v) is 5.15. The number of phenols is 1. The zero-order chi connectivity index (χ0) is 12.0. The molecule has 2 nitrogen and oxygen atoms in total. The van der Waals surface area contributed by atoms with Gasteiger partial charge in [-0.15, -0.1) is 0 Å². The fraction of sp³-hybridized carbons (Fsp3) is 0.333. The summed E-state index contributed by atoms with van der Waals surface area (Å²) < 4.78 is 0. The maximum absolute atomic E-state index is 9.77. The number of aromatic hydroxyl groups is 1. The van der Waals surface area contributed by atoms with Gasteiger partial charge in [-0.25, -0.2) is 0 Å². The summed E-state index contributed by atoms with van der Waals surface area (Å²) in [5, 5.41) is 12.3. The second kappa shape index (κ2) is 3.74. The number of rotatable bonds is 1. The molecule has 0 amide bonds. The van der Waals surface area contributed by atoms with Crippen molar-refractivity contribution in [3.63, 3.8) is 0 Å². The molecule has 0 saturated carbocycles. The van der Waals surface area contributed by atoms with Crippen molar-refractivity contribution >= 4 is 10.8 Å². The van der Waals surface area contributed by atoms with Gasteiger partial charge < -0.3 is 10.0 Å². The molecule has 1 atom stereocenters. The highest BCUT2D eigenvalue weighted by atomic mass is 16.3. The molecule has 3 rings (SSSR count). The highest BCUT2D eigenvalue weighted by Gasteiger charge is 2.22. The molecular formula is C15H17NO. The Bertz CT molecular complexity index is 574. The normalized spacial score (nSPS) is 18.9. The van der Waals surface area contributed by atoms with Crippen molar-refractivity contribution in [1.82, 2.24) is 4.90 Å². The average molecular weight is 227 g/mol. The number of hydrogen-bond acceptors (Lipinski definition) is 2. The lowest BCUT2D eigenvalue weighted by Gasteiger charge is -2.30. The fourth-order valence-corrected chi connectivity index (χ4v) is 2.86.